The molecule has 0 radical (unpaired) electrons. The molecule has 0 aliphatic carbocycles. The average Bonchev–Trinajstić information content (AvgIpc) is 3.26. The van der Waals surface area contributed by atoms with Crippen LogP contribution in [0.3, 0.4) is 0 Å². The van der Waals surface area contributed by atoms with Crippen molar-refractivity contribution in [2.45, 2.75) is 24.0 Å². The number of benzene rings is 3. The molecule has 0 fully saturated rings. The molecule has 3 N–H and O–H groups in total. The van der Waals surface area contributed by atoms with Crippen molar-refractivity contribution in [3.63, 3.8) is 0 Å². The van der Waals surface area contributed by atoms with Gasteiger partial charge in [0.1, 0.15) is 12.6 Å². The molecule has 3 aromatic carbocycles. The van der Waals surface area contributed by atoms with E-state index in [4.69, 9.17) is 4.74 Å². The summed E-state index contributed by atoms with van der Waals surface area (Å²) in [6.07, 6.45) is 3.52. The molecule has 0 unspecified atom stereocenters. The Morgan fingerprint density at radius 1 is 1.00 bits per heavy atom. The van der Waals surface area contributed by atoms with Crippen molar-refractivity contribution < 1.29 is 14.3 Å². The second kappa shape index (κ2) is 10.7. The van der Waals surface area contributed by atoms with E-state index in [0.29, 0.717) is 12.1 Å². The molecular formula is C26H25N3O3S. The van der Waals surface area contributed by atoms with Gasteiger partial charge in [0.05, 0.1) is 0 Å². The van der Waals surface area contributed by atoms with Gasteiger partial charge in [0.15, 0.2) is 0 Å². The smallest absolute Gasteiger partial charge is 0.408 e. The molecule has 0 spiro atoms. The number of amides is 2. The number of para-hydroxylation sites is 1. The molecule has 1 aromatic heterocycles. The zero-order valence-corrected chi connectivity index (χ0v) is 19.0. The molecule has 33 heavy (non-hydrogen) atoms. The molecule has 2 amide bonds. The third-order valence-corrected chi connectivity index (χ3v) is 5.98. The van der Waals surface area contributed by atoms with Gasteiger partial charge >= 0.3 is 6.09 Å². The number of rotatable bonds is 8. The second-order valence-electron chi connectivity index (χ2n) is 7.54. The fraction of sp³-hybridized carbons (Fsp3) is 0.154. The minimum absolute atomic E-state index is 0.129. The molecule has 168 valence electrons. The van der Waals surface area contributed by atoms with Crippen molar-refractivity contribution in [1.29, 1.82) is 0 Å². The minimum atomic E-state index is -0.814. The summed E-state index contributed by atoms with van der Waals surface area (Å²) in [4.78, 5) is 30.0. The standard InChI is InChI=1S/C26H25N3O3S/c1-33-21-11-7-10-20(15-21)28-25(30)24(14-19-16-27-23-13-6-5-12-22(19)23)29-26(31)32-17-18-8-3-2-4-9-18/h2-13,15-16,24,27H,14,17H2,1H3,(H,28,30)(H,29,31)/t24-/m0/s1. The number of fused-ring (bicyclic) bond motifs is 1. The van der Waals surface area contributed by atoms with E-state index in [0.717, 1.165) is 26.9 Å². The maximum atomic E-state index is 13.2. The predicted molar refractivity (Wildman–Crippen MR) is 132 cm³/mol. The number of nitrogens with one attached hydrogen (secondary N) is 3. The number of anilines is 1. The lowest BCUT2D eigenvalue weighted by Crippen LogP contribution is -2.45. The van der Waals surface area contributed by atoms with E-state index in [1.165, 1.54) is 0 Å². The first-order chi connectivity index (χ1) is 16.1. The van der Waals surface area contributed by atoms with E-state index < -0.39 is 12.1 Å². The van der Waals surface area contributed by atoms with Gasteiger partial charge in [-0.15, -0.1) is 11.8 Å². The molecule has 0 aliphatic rings. The van der Waals surface area contributed by atoms with Gasteiger partial charge in [-0.3, -0.25) is 4.79 Å². The lowest BCUT2D eigenvalue weighted by molar-refractivity contribution is -0.118. The first-order valence-electron chi connectivity index (χ1n) is 10.6. The van der Waals surface area contributed by atoms with Crippen molar-refractivity contribution in [3.05, 3.63) is 96.2 Å². The molecule has 0 saturated carbocycles. The summed E-state index contributed by atoms with van der Waals surface area (Å²) in [6, 6.07) is 24.1. The number of H-pyrrole nitrogens is 1. The summed E-state index contributed by atoms with van der Waals surface area (Å²) in [5, 5.41) is 6.68. The summed E-state index contributed by atoms with van der Waals surface area (Å²) in [5.41, 5.74) is 3.47. The van der Waals surface area contributed by atoms with Crippen LogP contribution in [-0.4, -0.2) is 29.3 Å². The number of aromatic nitrogens is 1. The molecule has 0 bridgehead atoms. The second-order valence-corrected chi connectivity index (χ2v) is 8.42. The normalized spacial score (nSPS) is 11.7. The summed E-state index contributed by atoms with van der Waals surface area (Å²) in [7, 11) is 0. The molecule has 1 atom stereocenters. The topological polar surface area (TPSA) is 83.2 Å². The highest BCUT2D eigenvalue weighted by Crippen LogP contribution is 2.21. The van der Waals surface area contributed by atoms with Gasteiger partial charge in [-0.05, 0) is 41.6 Å². The number of carbonyl (C=O) groups is 2. The minimum Gasteiger partial charge on any atom is -0.445 e. The highest BCUT2D eigenvalue weighted by molar-refractivity contribution is 7.98. The van der Waals surface area contributed by atoms with E-state index in [9.17, 15) is 9.59 Å². The number of ether oxygens (including phenoxy) is 1. The first kappa shape index (κ1) is 22.5. The van der Waals surface area contributed by atoms with Gasteiger partial charge in [0.25, 0.3) is 0 Å². The molecular weight excluding hydrogens is 434 g/mol. The van der Waals surface area contributed by atoms with Crippen LogP contribution in [0, 0.1) is 0 Å². The SMILES string of the molecule is CSc1cccc(NC(=O)[C@H](Cc2c[nH]c3ccccc23)NC(=O)OCc2ccccc2)c1. The highest BCUT2D eigenvalue weighted by Gasteiger charge is 2.23. The van der Waals surface area contributed by atoms with Crippen LogP contribution in [-0.2, 0) is 22.6 Å². The molecule has 4 aromatic rings. The summed E-state index contributed by atoms with van der Waals surface area (Å²) >= 11 is 1.59. The van der Waals surface area contributed by atoms with Crippen molar-refractivity contribution in [2.24, 2.45) is 0 Å². The maximum absolute atomic E-state index is 13.2. The Hall–Kier alpha value is -3.71. The average molecular weight is 460 g/mol. The fourth-order valence-corrected chi connectivity index (χ4v) is 4.03. The summed E-state index contributed by atoms with van der Waals surface area (Å²) in [6.45, 7) is 0.129. The Bertz CT molecular complexity index is 1240. The van der Waals surface area contributed by atoms with Gasteiger partial charge in [-0.1, -0.05) is 54.6 Å². The van der Waals surface area contributed by atoms with Gasteiger partial charge in [-0.25, -0.2) is 4.79 Å². The van der Waals surface area contributed by atoms with E-state index in [1.54, 1.807) is 11.8 Å². The van der Waals surface area contributed by atoms with Crippen molar-refractivity contribution >= 4 is 40.4 Å². The van der Waals surface area contributed by atoms with E-state index in [1.807, 2.05) is 91.3 Å². The summed E-state index contributed by atoms with van der Waals surface area (Å²) < 4.78 is 5.36. The molecule has 0 saturated heterocycles. The zero-order chi connectivity index (χ0) is 23.0. The van der Waals surface area contributed by atoms with Crippen LogP contribution in [0.5, 0.6) is 0 Å². The number of aromatic amines is 1. The Morgan fingerprint density at radius 2 is 1.79 bits per heavy atom. The predicted octanol–water partition coefficient (Wildman–Crippen LogP) is 5.37. The van der Waals surface area contributed by atoms with Crippen molar-refractivity contribution in [2.75, 3.05) is 11.6 Å². The molecule has 4 rings (SSSR count). The van der Waals surface area contributed by atoms with Crippen LogP contribution in [0.25, 0.3) is 10.9 Å². The Kier molecular flexibility index (Phi) is 7.32. The van der Waals surface area contributed by atoms with Gasteiger partial charge < -0.3 is 20.4 Å². The third-order valence-electron chi connectivity index (χ3n) is 5.26. The Labute approximate surface area is 196 Å². The number of carbonyl (C=O) groups excluding carboxylic acids is 2. The molecule has 0 aliphatic heterocycles. The van der Waals surface area contributed by atoms with Gasteiger partial charge in [-0.2, -0.15) is 0 Å². The quantitative estimate of drug-likeness (QED) is 0.310. The van der Waals surface area contributed by atoms with Gasteiger partial charge in [0, 0.05) is 34.1 Å². The zero-order valence-electron chi connectivity index (χ0n) is 18.2. The van der Waals surface area contributed by atoms with Crippen molar-refractivity contribution in [1.82, 2.24) is 10.3 Å². The van der Waals surface area contributed by atoms with E-state index in [-0.39, 0.29) is 12.5 Å². The molecule has 1 heterocycles. The van der Waals surface area contributed by atoms with Crippen LogP contribution in [0.4, 0.5) is 10.5 Å². The van der Waals surface area contributed by atoms with Crippen LogP contribution < -0.4 is 10.6 Å². The highest BCUT2D eigenvalue weighted by atomic mass is 32.2. The van der Waals surface area contributed by atoms with Crippen LogP contribution in [0.1, 0.15) is 11.1 Å². The first-order valence-corrected chi connectivity index (χ1v) is 11.8. The lowest BCUT2D eigenvalue weighted by atomic mass is 10.0. The van der Waals surface area contributed by atoms with Crippen molar-refractivity contribution in [3.8, 4) is 0 Å². The Balaban J connectivity index is 1.50. The number of alkyl carbamates (subject to hydrolysis) is 1. The number of hydrogen-bond donors (Lipinski definition) is 3. The monoisotopic (exact) mass is 459 g/mol. The van der Waals surface area contributed by atoms with Crippen LogP contribution in [0.2, 0.25) is 0 Å². The fourth-order valence-electron chi connectivity index (χ4n) is 3.57. The largest absolute Gasteiger partial charge is 0.445 e. The Morgan fingerprint density at radius 3 is 2.61 bits per heavy atom. The molecule has 7 heteroatoms. The van der Waals surface area contributed by atoms with Gasteiger partial charge in [0.2, 0.25) is 5.91 Å². The number of thioether (sulfide) groups is 1. The summed E-state index contributed by atoms with van der Waals surface area (Å²) in [5.74, 6) is -0.310. The van der Waals surface area contributed by atoms with E-state index >= 15 is 0 Å². The van der Waals surface area contributed by atoms with Crippen LogP contribution >= 0.6 is 11.8 Å². The van der Waals surface area contributed by atoms with Crippen LogP contribution in [0.15, 0.2) is 90.0 Å². The molecule has 6 nitrogen and oxygen atoms in total. The lowest BCUT2D eigenvalue weighted by Gasteiger charge is -2.18. The van der Waals surface area contributed by atoms with E-state index in [2.05, 4.69) is 15.6 Å². The maximum Gasteiger partial charge on any atom is 0.408 e. The number of hydrogen-bond acceptors (Lipinski definition) is 4. The third kappa shape index (κ3) is 5.96.